The summed E-state index contributed by atoms with van der Waals surface area (Å²) in [6.07, 6.45) is 1.81. The fourth-order valence-electron chi connectivity index (χ4n) is 2.95. The van der Waals surface area contributed by atoms with Gasteiger partial charge < -0.3 is 9.80 Å². The van der Waals surface area contributed by atoms with Crippen LogP contribution in [0.1, 0.15) is 0 Å². The van der Waals surface area contributed by atoms with E-state index in [0.717, 1.165) is 48.5 Å². The van der Waals surface area contributed by atoms with Gasteiger partial charge in [0.2, 0.25) is 0 Å². The van der Waals surface area contributed by atoms with Crippen molar-refractivity contribution in [2.45, 2.75) is 0 Å². The van der Waals surface area contributed by atoms with E-state index < -0.39 is 0 Å². The molecule has 5 heteroatoms. The van der Waals surface area contributed by atoms with Gasteiger partial charge in [-0.15, -0.1) is 0 Å². The highest BCUT2D eigenvalue weighted by Crippen LogP contribution is 2.26. The molecule has 112 valence electrons. The fraction of sp³-hybridized carbons (Fsp3) is 0.294. The van der Waals surface area contributed by atoms with E-state index in [2.05, 4.69) is 56.3 Å². The van der Waals surface area contributed by atoms with Crippen molar-refractivity contribution in [3.8, 4) is 11.3 Å². The molecular formula is C17H19N5. The minimum Gasteiger partial charge on any atom is -0.369 e. The lowest BCUT2D eigenvalue weighted by Gasteiger charge is -2.34. The second kappa shape index (κ2) is 5.42. The van der Waals surface area contributed by atoms with E-state index in [1.54, 1.807) is 6.20 Å². The van der Waals surface area contributed by atoms with E-state index >= 15 is 0 Å². The number of hydrogen-bond donors (Lipinski definition) is 1. The highest BCUT2D eigenvalue weighted by molar-refractivity contribution is 5.89. The maximum Gasteiger partial charge on any atom is 0.118 e. The van der Waals surface area contributed by atoms with Gasteiger partial charge in [-0.1, -0.05) is 12.1 Å². The molecule has 5 nitrogen and oxygen atoms in total. The van der Waals surface area contributed by atoms with Gasteiger partial charge in [0.25, 0.3) is 0 Å². The molecular weight excluding hydrogens is 274 g/mol. The molecule has 2 aromatic heterocycles. The summed E-state index contributed by atoms with van der Waals surface area (Å²) < 4.78 is 0. The highest BCUT2D eigenvalue weighted by atomic mass is 15.2. The predicted molar refractivity (Wildman–Crippen MR) is 89.0 cm³/mol. The quantitative estimate of drug-likeness (QED) is 0.788. The Morgan fingerprint density at radius 1 is 1.00 bits per heavy atom. The van der Waals surface area contributed by atoms with Crippen molar-refractivity contribution in [1.82, 2.24) is 20.1 Å². The number of H-pyrrole nitrogens is 1. The largest absolute Gasteiger partial charge is 0.369 e. The van der Waals surface area contributed by atoms with Crippen molar-refractivity contribution in [3.63, 3.8) is 0 Å². The number of nitrogens with zero attached hydrogens (tertiary/aromatic N) is 4. The molecule has 3 heterocycles. The summed E-state index contributed by atoms with van der Waals surface area (Å²) in [5, 5.41) is 7.45. The third kappa shape index (κ3) is 2.33. The molecule has 0 bridgehead atoms. The van der Waals surface area contributed by atoms with Gasteiger partial charge in [-0.25, -0.2) is 0 Å². The number of fused-ring (bicyclic) bond motifs is 1. The van der Waals surface area contributed by atoms with E-state index in [4.69, 9.17) is 0 Å². The third-order valence-corrected chi connectivity index (χ3v) is 4.33. The van der Waals surface area contributed by atoms with E-state index in [0.29, 0.717) is 0 Å². The van der Waals surface area contributed by atoms with Gasteiger partial charge in [0.1, 0.15) is 11.2 Å². The number of rotatable bonds is 2. The topological polar surface area (TPSA) is 48.0 Å². The van der Waals surface area contributed by atoms with Crippen LogP contribution in [-0.4, -0.2) is 53.3 Å². The van der Waals surface area contributed by atoms with Gasteiger partial charge in [-0.3, -0.25) is 10.1 Å². The Morgan fingerprint density at radius 3 is 2.55 bits per heavy atom. The molecule has 0 saturated carbocycles. The van der Waals surface area contributed by atoms with E-state index in [-0.39, 0.29) is 0 Å². The van der Waals surface area contributed by atoms with Crippen molar-refractivity contribution in [2.75, 3.05) is 38.1 Å². The lowest BCUT2D eigenvalue weighted by Crippen LogP contribution is -2.44. The first kappa shape index (κ1) is 13.3. The maximum atomic E-state index is 4.43. The molecule has 22 heavy (non-hydrogen) atoms. The minimum absolute atomic E-state index is 0.917. The van der Waals surface area contributed by atoms with Crippen LogP contribution in [0.25, 0.3) is 22.3 Å². The Hall–Kier alpha value is -2.40. The first-order chi connectivity index (χ1) is 10.8. The molecule has 0 unspecified atom stereocenters. The van der Waals surface area contributed by atoms with Crippen molar-refractivity contribution in [3.05, 3.63) is 42.6 Å². The molecule has 1 N–H and O–H groups in total. The van der Waals surface area contributed by atoms with Gasteiger partial charge in [-0.2, -0.15) is 5.10 Å². The van der Waals surface area contributed by atoms with Crippen molar-refractivity contribution in [1.29, 1.82) is 0 Å². The van der Waals surface area contributed by atoms with E-state index in [9.17, 15) is 0 Å². The SMILES string of the molecule is CN1CCN(c2ccc(-c3n[nH]c4cccnc34)cc2)CC1. The van der Waals surface area contributed by atoms with Gasteiger partial charge in [-0.05, 0) is 31.3 Å². The Morgan fingerprint density at radius 2 is 1.77 bits per heavy atom. The normalized spacial score (nSPS) is 16.3. The Balaban J connectivity index is 1.62. The number of pyridine rings is 1. The van der Waals surface area contributed by atoms with Gasteiger partial charge in [0.15, 0.2) is 0 Å². The number of likely N-dealkylation sites (N-methyl/N-ethyl adjacent to an activating group) is 1. The number of piperazine rings is 1. The Labute approximate surface area is 129 Å². The zero-order valence-electron chi connectivity index (χ0n) is 12.7. The highest BCUT2D eigenvalue weighted by Gasteiger charge is 2.15. The van der Waals surface area contributed by atoms with E-state index in [1.807, 2.05) is 12.1 Å². The first-order valence-electron chi connectivity index (χ1n) is 7.64. The zero-order valence-corrected chi connectivity index (χ0v) is 12.7. The van der Waals surface area contributed by atoms with Crippen molar-refractivity contribution < 1.29 is 0 Å². The number of benzene rings is 1. The van der Waals surface area contributed by atoms with Crippen molar-refractivity contribution in [2.24, 2.45) is 0 Å². The van der Waals surface area contributed by atoms with Crippen LogP contribution in [-0.2, 0) is 0 Å². The summed E-state index contributed by atoms with van der Waals surface area (Å²) in [6, 6.07) is 12.6. The predicted octanol–water partition coefficient (Wildman–Crippen LogP) is 2.38. The van der Waals surface area contributed by atoms with Gasteiger partial charge in [0, 0.05) is 43.6 Å². The second-order valence-corrected chi connectivity index (χ2v) is 5.81. The van der Waals surface area contributed by atoms with Crippen LogP contribution in [0, 0.1) is 0 Å². The molecule has 1 aliphatic heterocycles. The Kier molecular flexibility index (Phi) is 3.27. The lowest BCUT2D eigenvalue weighted by atomic mass is 10.1. The third-order valence-electron chi connectivity index (χ3n) is 4.33. The molecule has 1 aliphatic rings. The fourth-order valence-corrected chi connectivity index (χ4v) is 2.95. The first-order valence-corrected chi connectivity index (χ1v) is 7.64. The number of anilines is 1. The van der Waals surface area contributed by atoms with Crippen molar-refractivity contribution >= 4 is 16.7 Å². The Bertz CT molecular complexity index is 769. The number of aromatic amines is 1. The summed E-state index contributed by atoms with van der Waals surface area (Å²) >= 11 is 0. The minimum atomic E-state index is 0.917. The summed E-state index contributed by atoms with van der Waals surface area (Å²) in [7, 11) is 2.18. The summed E-state index contributed by atoms with van der Waals surface area (Å²) in [6.45, 7) is 4.41. The molecule has 1 saturated heterocycles. The molecule has 0 aliphatic carbocycles. The standard InChI is InChI=1S/C17H19N5/c1-21-9-11-22(12-10-21)14-6-4-13(5-7-14)16-17-15(19-20-16)3-2-8-18-17/h2-8H,9-12H2,1H3,(H,19,20). The van der Waals surface area contributed by atoms with Gasteiger partial charge >= 0.3 is 0 Å². The van der Waals surface area contributed by atoms with Crippen LogP contribution in [0.3, 0.4) is 0 Å². The van der Waals surface area contributed by atoms with Crippen LogP contribution >= 0.6 is 0 Å². The molecule has 0 amide bonds. The lowest BCUT2D eigenvalue weighted by molar-refractivity contribution is 0.313. The smallest absolute Gasteiger partial charge is 0.118 e. The molecule has 1 aromatic carbocycles. The van der Waals surface area contributed by atoms with E-state index in [1.165, 1.54) is 5.69 Å². The second-order valence-electron chi connectivity index (χ2n) is 5.81. The summed E-state index contributed by atoms with van der Waals surface area (Å²) in [5.41, 5.74) is 5.20. The zero-order chi connectivity index (χ0) is 14.9. The molecule has 0 radical (unpaired) electrons. The van der Waals surface area contributed by atoms with Crippen LogP contribution in [0.5, 0.6) is 0 Å². The average molecular weight is 293 g/mol. The maximum absolute atomic E-state index is 4.43. The van der Waals surface area contributed by atoms with Crippen LogP contribution in [0.4, 0.5) is 5.69 Å². The van der Waals surface area contributed by atoms with Crippen LogP contribution in [0.2, 0.25) is 0 Å². The monoisotopic (exact) mass is 293 g/mol. The van der Waals surface area contributed by atoms with Crippen LogP contribution in [0.15, 0.2) is 42.6 Å². The number of nitrogens with one attached hydrogen (secondary N) is 1. The average Bonchev–Trinajstić information content (AvgIpc) is 3.00. The molecule has 4 rings (SSSR count). The number of hydrogen-bond acceptors (Lipinski definition) is 4. The molecule has 0 atom stereocenters. The number of aromatic nitrogens is 3. The van der Waals surface area contributed by atoms with Crippen LogP contribution < -0.4 is 4.90 Å². The molecule has 3 aromatic rings. The summed E-state index contributed by atoms with van der Waals surface area (Å²) in [5.74, 6) is 0. The van der Waals surface area contributed by atoms with Gasteiger partial charge in [0.05, 0.1) is 5.52 Å². The molecule has 0 spiro atoms. The summed E-state index contributed by atoms with van der Waals surface area (Å²) in [4.78, 5) is 9.23. The molecule has 1 fully saturated rings.